The Kier molecular flexibility index (Phi) is 4.61. The Morgan fingerprint density at radius 1 is 1.24 bits per heavy atom. The van der Waals surface area contributed by atoms with Gasteiger partial charge in [0.15, 0.2) is 0 Å². The fraction of sp³-hybridized carbons (Fsp3) is 1.00. The molecular formula is C14H31N3. The lowest BCUT2D eigenvalue weighted by atomic mass is 9.74. The molecule has 3 heteroatoms. The highest BCUT2D eigenvalue weighted by Crippen LogP contribution is 2.38. The normalized spacial score (nSPS) is 22.9. The molecule has 1 atom stereocenters. The lowest BCUT2D eigenvalue weighted by Crippen LogP contribution is -2.63. The van der Waals surface area contributed by atoms with E-state index >= 15 is 0 Å². The predicted molar refractivity (Wildman–Crippen MR) is 75.2 cm³/mol. The highest BCUT2D eigenvalue weighted by molar-refractivity contribution is 5.01. The highest BCUT2D eigenvalue weighted by atomic mass is 15.3. The first-order chi connectivity index (χ1) is 7.78. The molecule has 0 radical (unpaired) electrons. The molecule has 1 aliphatic carbocycles. The summed E-state index contributed by atoms with van der Waals surface area (Å²) in [5, 5.41) is 0. The average Bonchev–Trinajstić information content (AvgIpc) is 2.20. The number of nitrogens with zero attached hydrogens (tertiary/aromatic N) is 2. The Labute approximate surface area is 107 Å². The summed E-state index contributed by atoms with van der Waals surface area (Å²) in [6, 6.07) is 0. The van der Waals surface area contributed by atoms with Gasteiger partial charge in [0.05, 0.1) is 0 Å². The van der Waals surface area contributed by atoms with E-state index in [1.807, 2.05) is 0 Å². The van der Waals surface area contributed by atoms with Crippen LogP contribution >= 0.6 is 0 Å². The quantitative estimate of drug-likeness (QED) is 0.769. The van der Waals surface area contributed by atoms with Crippen molar-refractivity contribution in [1.29, 1.82) is 0 Å². The molecule has 2 N–H and O–H groups in total. The number of hydrogen-bond acceptors (Lipinski definition) is 3. The maximum Gasteiger partial charge on any atom is 0.0330 e. The standard InChI is InChI=1S/C14H31N3/c1-12(2)13(3,10-15)17(6)11-14(16(4)5)8-7-9-14/h12H,7-11,15H2,1-6H3. The van der Waals surface area contributed by atoms with Crippen LogP contribution in [0.4, 0.5) is 0 Å². The molecule has 17 heavy (non-hydrogen) atoms. The molecule has 0 amide bonds. The summed E-state index contributed by atoms with van der Waals surface area (Å²) in [4.78, 5) is 4.89. The molecule has 0 aromatic rings. The second-order valence-electron chi connectivity index (χ2n) is 6.54. The van der Waals surface area contributed by atoms with Crippen LogP contribution in [-0.4, -0.2) is 55.1 Å². The molecule has 1 saturated carbocycles. The molecule has 0 aromatic carbocycles. The van der Waals surface area contributed by atoms with Crippen molar-refractivity contribution in [2.45, 2.75) is 51.1 Å². The van der Waals surface area contributed by atoms with Crippen molar-refractivity contribution in [1.82, 2.24) is 9.80 Å². The van der Waals surface area contributed by atoms with Gasteiger partial charge in [-0.15, -0.1) is 0 Å². The van der Waals surface area contributed by atoms with Gasteiger partial charge in [-0.2, -0.15) is 0 Å². The molecule has 1 aliphatic rings. The largest absolute Gasteiger partial charge is 0.329 e. The van der Waals surface area contributed by atoms with E-state index in [0.29, 0.717) is 11.5 Å². The van der Waals surface area contributed by atoms with E-state index in [4.69, 9.17) is 5.73 Å². The van der Waals surface area contributed by atoms with Crippen molar-refractivity contribution >= 4 is 0 Å². The third kappa shape index (κ3) is 2.67. The third-order valence-corrected chi connectivity index (χ3v) is 5.29. The van der Waals surface area contributed by atoms with Gasteiger partial charge in [0.25, 0.3) is 0 Å². The monoisotopic (exact) mass is 241 g/mol. The fourth-order valence-corrected chi connectivity index (χ4v) is 2.79. The SMILES string of the molecule is CC(C)C(C)(CN)N(C)CC1(N(C)C)CCC1. The molecule has 1 rings (SSSR count). The van der Waals surface area contributed by atoms with Crippen LogP contribution in [0.25, 0.3) is 0 Å². The Bertz CT molecular complexity index is 246. The van der Waals surface area contributed by atoms with Gasteiger partial charge in [-0.05, 0) is 53.2 Å². The Hall–Kier alpha value is -0.120. The van der Waals surface area contributed by atoms with Gasteiger partial charge in [-0.1, -0.05) is 13.8 Å². The van der Waals surface area contributed by atoms with E-state index in [-0.39, 0.29) is 5.54 Å². The van der Waals surface area contributed by atoms with Crippen molar-refractivity contribution in [3.8, 4) is 0 Å². The van der Waals surface area contributed by atoms with Crippen molar-refractivity contribution in [2.75, 3.05) is 34.2 Å². The van der Waals surface area contributed by atoms with Gasteiger partial charge in [0.1, 0.15) is 0 Å². The molecular weight excluding hydrogens is 210 g/mol. The summed E-state index contributed by atoms with van der Waals surface area (Å²) >= 11 is 0. The van der Waals surface area contributed by atoms with Crippen molar-refractivity contribution in [2.24, 2.45) is 11.7 Å². The summed E-state index contributed by atoms with van der Waals surface area (Å²) < 4.78 is 0. The first-order valence-corrected chi connectivity index (χ1v) is 6.87. The van der Waals surface area contributed by atoms with Gasteiger partial charge in [0, 0.05) is 24.2 Å². The summed E-state index contributed by atoms with van der Waals surface area (Å²) in [5.74, 6) is 0.580. The first kappa shape index (κ1) is 14.9. The number of nitrogens with two attached hydrogens (primary N) is 1. The molecule has 3 nitrogen and oxygen atoms in total. The number of rotatable bonds is 6. The minimum atomic E-state index is 0.110. The zero-order valence-corrected chi connectivity index (χ0v) is 12.6. The zero-order chi connectivity index (χ0) is 13.3. The van der Waals surface area contributed by atoms with Crippen molar-refractivity contribution in [3.63, 3.8) is 0 Å². The molecule has 1 fully saturated rings. The van der Waals surface area contributed by atoms with Crippen molar-refractivity contribution in [3.05, 3.63) is 0 Å². The zero-order valence-electron chi connectivity index (χ0n) is 12.6. The van der Waals surface area contributed by atoms with Crippen LogP contribution in [0.15, 0.2) is 0 Å². The highest BCUT2D eigenvalue weighted by Gasteiger charge is 2.43. The van der Waals surface area contributed by atoms with E-state index in [1.54, 1.807) is 0 Å². The minimum Gasteiger partial charge on any atom is -0.329 e. The number of likely N-dealkylation sites (N-methyl/N-ethyl adjacent to an activating group) is 2. The molecule has 0 aromatic heterocycles. The predicted octanol–water partition coefficient (Wildman–Crippen LogP) is 1.78. The van der Waals surface area contributed by atoms with Crippen LogP contribution in [0, 0.1) is 5.92 Å². The Morgan fingerprint density at radius 2 is 1.76 bits per heavy atom. The molecule has 0 aliphatic heterocycles. The molecule has 102 valence electrons. The van der Waals surface area contributed by atoms with E-state index in [2.05, 4.69) is 51.7 Å². The second kappa shape index (κ2) is 5.25. The number of hydrogen-bond donors (Lipinski definition) is 1. The van der Waals surface area contributed by atoms with E-state index in [9.17, 15) is 0 Å². The summed E-state index contributed by atoms with van der Waals surface area (Å²) in [6.45, 7) is 8.69. The Balaban J connectivity index is 2.73. The van der Waals surface area contributed by atoms with E-state index < -0.39 is 0 Å². The van der Waals surface area contributed by atoms with Gasteiger partial charge in [-0.3, -0.25) is 4.90 Å². The second-order valence-corrected chi connectivity index (χ2v) is 6.54. The molecule has 0 bridgehead atoms. The first-order valence-electron chi connectivity index (χ1n) is 6.87. The summed E-state index contributed by atoms with van der Waals surface area (Å²) in [5.41, 5.74) is 6.51. The summed E-state index contributed by atoms with van der Waals surface area (Å²) in [7, 11) is 6.65. The van der Waals surface area contributed by atoms with E-state index in [0.717, 1.165) is 13.1 Å². The van der Waals surface area contributed by atoms with Crippen LogP contribution in [0.5, 0.6) is 0 Å². The Morgan fingerprint density at radius 3 is 2.00 bits per heavy atom. The molecule has 0 heterocycles. The van der Waals surface area contributed by atoms with Gasteiger partial charge >= 0.3 is 0 Å². The maximum absolute atomic E-state index is 6.01. The van der Waals surface area contributed by atoms with Crippen LogP contribution < -0.4 is 5.73 Å². The topological polar surface area (TPSA) is 32.5 Å². The summed E-state index contributed by atoms with van der Waals surface area (Å²) in [6.07, 6.45) is 4.01. The maximum atomic E-state index is 6.01. The van der Waals surface area contributed by atoms with Crippen LogP contribution in [0.1, 0.15) is 40.0 Å². The molecule has 0 saturated heterocycles. The van der Waals surface area contributed by atoms with Crippen LogP contribution in [-0.2, 0) is 0 Å². The molecule has 1 unspecified atom stereocenters. The van der Waals surface area contributed by atoms with Crippen LogP contribution in [0.2, 0.25) is 0 Å². The van der Waals surface area contributed by atoms with E-state index in [1.165, 1.54) is 19.3 Å². The van der Waals surface area contributed by atoms with Crippen LogP contribution in [0.3, 0.4) is 0 Å². The molecule has 0 spiro atoms. The average molecular weight is 241 g/mol. The van der Waals surface area contributed by atoms with Gasteiger partial charge < -0.3 is 10.6 Å². The lowest BCUT2D eigenvalue weighted by molar-refractivity contribution is -0.0157. The smallest absolute Gasteiger partial charge is 0.0330 e. The third-order valence-electron chi connectivity index (χ3n) is 5.29. The lowest BCUT2D eigenvalue weighted by Gasteiger charge is -2.53. The van der Waals surface area contributed by atoms with Gasteiger partial charge in [0.2, 0.25) is 0 Å². The van der Waals surface area contributed by atoms with Gasteiger partial charge in [-0.25, -0.2) is 0 Å². The van der Waals surface area contributed by atoms with Crippen molar-refractivity contribution < 1.29 is 0 Å². The fourth-order valence-electron chi connectivity index (χ4n) is 2.79. The minimum absolute atomic E-state index is 0.110.